The van der Waals surface area contributed by atoms with Gasteiger partial charge in [0.2, 0.25) is 5.91 Å². The van der Waals surface area contributed by atoms with Gasteiger partial charge in [-0.25, -0.2) is 0 Å². The number of nitrogens with zero attached hydrogens (tertiary/aromatic N) is 2. The van der Waals surface area contributed by atoms with Crippen LogP contribution in [0, 0.1) is 27.7 Å². The highest BCUT2D eigenvalue weighted by molar-refractivity contribution is 5.96. The zero-order valence-corrected chi connectivity index (χ0v) is 17.2. The molecule has 3 rings (SSSR count). The molecule has 2 aromatic carbocycles. The van der Waals surface area contributed by atoms with E-state index in [1.807, 2.05) is 6.92 Å². The first-order chi connectivity index (χ1) is 12.9. The van der Waals surface area contributed by atoms with Crippen molar-refractivity contribution in [3.8, 4) is 0 Å². The topological polar surface area (TPSA) is 35.6 Å². The Morgan fingerprint density at radius 3 is 2.11 bits per heavy atom. The molecule has 0 spiro atoms. The van der Waals surface area contributed by atoms with Crippen LogP contribution in [0.3, 0.4) is 0 Å². The quantitative estimate of drug-likeness (QED) is 0.887. The van der Waals surface area contributed by atoms with Gasteiger partial charge in [-0.1, -0.05) is 35.9 Å². The summed E-state index contributed by atoms with van der Waals surface area (Å²) >= 11 is 0. The van der Waals surface area contributed by atoms with E-state index in [9.17, 15) is 4.79 Å². The fraction of sp³-hybridized carbons (Fsp3) is 0.435. The van der Waals surface area contributed by atoms with Gasteiger partial charge in [0.05, 0.1) is 6.04 Å². The summed E-state index contributed by atoms with van der Waals surface area (Å²) in [5, 5.41) is 3.16. The van der Waals surface area contributed by atoms with Crippen LogP contribution in [0.4, 0.5) is 11.4 Å². The number of aryl methyl sites for hydroxylation is 4. The van der Waals surface area contributed by atoms with Gasteiger partial charge in [0.25, 0.3) is 0 Å². The van der Waals surface area contributed by atoms with E-state index in [-0.39, 0.29) is 11.9 Å². The van der Waals surface area contributed by atoms with Crippen LogP contribution in [0.15, 0.2) is 36.4 Å². The normalized spacial score (nSPS) is 16.3. The first-order valence-electron chi connectivity index (χ1n) is 9.80. The predicted octanol–water partition coefficient (Wildman–Crippen LogP) is 4.07. The number of carbonyl (C=O) groups excluding carboxylic acids is 1. The maximum Gasteiger partial charge on any atom is 0.241 e. The number of nitrogens with one attached hydrogen (secondary N) is 1. The Labute approximate surface area is 163 Å². The van der Waals surface area contributed by atoms with E-state index in [0.29, 0.717) is 0 Å². The molecule has 1 atom stereocenters. The van der Waals surface area contributed by atoms with Gasteiger partial charge in [-0.3, -0.25) is 9.69 Å². The molecule has 1 saturated heterocycles. The van der Waals surface area contributed by atoms with Gasteiger partial charge in [0, 0.05) is 37.6 Å². The summed E-state index contributed by atoms with van der Waals surface area (Å²) < 4.78 is 0. The number of amides is 1. The van der Waals surface area contributed by atoms with Gasteiger partial charge in [0.15, 0.2) is 0 Å². The summed E-state index contributed by atoms with van der Waals surface area (Å²) in [5.74, 6) is 0.0781. The zero-order valence-electron chi connectivity index (χ0n) is 17.2. The molecule has 1 fully saturated rings. The van der Waals surface area contributed by atoms with Crippen LogP contribution in [-0.4, -0.2) is 43.0 Å². The zero-order chi connectivity index (χ0) is 19.6. The molecule has 0 radical (unpaired) electrons. The summed E-state index contributed by atoms with van der Waals surface area (Å²) in [4.78, 5) is 17.5. The van der Waals surface area contributed by atoms with Crippen molar-refractivity contribution in [1.82, 2.24) is 4.90 Å². The highest BCUT2D eigenvalue weighted by Crippen LogP contribution is 2.24. The van der Waals surface area contributed by atoms with Crippen molar-refractivity contribution in [2.45, 2.75) is 40.7 Å². The summed E-state index contributed by atoms with van der Waals surface area (Å²) in [7, 11) is 0. The molecule has 1 aliphatic heterocycles. The van der Waals surface area contributed by atoms with Crippen molar-refractivity contribution < 1.29 is 4.79 Å². The minimum absolute atomic E-state index is 0.0781. The summed E-state index contributed by atoms with van der Waals surface area (Å²) in [6.07, 6.45) is 0. The van der Waals surface area contributed by atoms with Gasteiger partial charge in [-0.15, -0.1) is 0 Å². The van der Waals surface area contributed by atoms with Gasteiger partial charge in [-0.05, 0) is 57.4 Å². The Morgan fingerprint density at radius 1 is 0.926 bits per heavy atom. The van der Waals surface area contributed by atoms with Gasteiger partial charge < -0.3 is 10.2 Å². The Balaban J connectivity index is 1.61. The van der Waals surface area contributed by atoms with E-state index in [1.54, 1.807) is 0 Å². The molecule has 0 bridgehead atoms. The number of piperazine rings is 1. The second-order valence-corrected chi connectivity index (χ2v) is 7.75. The standard InChI is InChI=1S/C23H31N3O/c1-16-14-18(3)22(19(4)15-16)24-23(27)20(5)25-10-12-26(13-11-25)21-9-7-6-8-17(21)2/h6-9,14-15,20H,10-13H2,1-5H3,(H,24,27)/t20-/m1/s1. The minimum atomic E-state index is -0.135. The first-order valence-corrected chi connectivity index (χ1v) is 9.80. The first kappa shape index (κ1) is 19.4. The van der Waals surface area contributed by atoms with E-state index in [1.165, 1.54) is 16.8 Å². The highest BCUT2D eigenvalue weighted by atomic mass is 16.2. The Morgan fingerprint density at radius 2 is 1.52 bits per heavy atom. The number of para-hydroxylation sites is 1. The largest absolute Gasteiger partial charge is 0.369 e. The number of hydrogen-bond donors (Lipinski definition) is 1. The molecule has 0 unspecified atom stereocenters. The van der Waals surface area contributed by atoms with Crippen molar-refractivity contribution in [2.24, 2.45) is 0 Å². The van der Waals surface area contributed by atoms with E-state index in [0.717, 1.165) is 43.0 Å². The SMILES string of the molecule is Cc1cc(C)c(NC(=O)[C@@H](C)N2CCN(c3ccccc3C)CC2)c(C)c1. The minimum Gasteiger partial charge on any atom is -0.369 e. The monoisotopic (exact) mass is 365 g/mol. The van der Waals surface area contributed by atoms with Crippen LogP contribution >= 0.6 is 0 Å². The molecule has 144 valence electrons. The average Bonchev–Trinajstić information content (AvgIpc) is 2.64. The fourth-order valence-electron chi connectivity index (χ4n) is 4.04. The second-order valence-electron chi connectivity index (χ2n) is 7.75. The van der Waals surface area contributed by atoms with Crippen LogP contribution in [-0.2, 0) is 4.79 Å². The lowest BCUT2D eigenvalue weighted by atomic mass is 10.0. The molecule has 1 amide bonds. The van der Waals surface area contributed by atoms with Crippen molar-refractivity contribution in [3.05, 3.63) is 58.7 Å². The molecule has 27 heavy (non-hydrogen) atoms. The van der Waals surface area contributed by atoms with E-state index in [2.05, 4.69) is 79.2 Å². The molecular formula is C23H31N3O. The number of carbonyl (C=O) groups is 1. The summed E-state index contributed by atoms with van der Waals surface area (Å²) in [6.45, 7) is 14.1. The van der Waals surface area contributed by atoms with Crippen LogP contribution in [0.25, 0.3) is 0 Å². The maximum absolute atomic E-state index is 12.8. The summed E-state index contributed by atoms with van der Waals surface area (Å²) in [6, 6.07) is 12.6. The molecule has 4 heteroatoms. The smallest absolute Gasteiger partial charge is 0.241 e. The third-order valence-corrected chi connectivity index (χ3v) is 5.62. The van der Waals surface area contributed by atoms with Gasteiger partial charge in [-0.2, -0.15) is 0 Å². The van der Waals surface area contributed by atoms with Crippen LogP contribution in [0.2, 0.25) is 0 Å². The third-order valence-electron chi connectivity index (χ3n) is 5.62. The van der Waals surface area contributed by atoms with Crippen LogP contribution in [0.5, 0.6) is 0 Å². The fourth-order valence-corrected chi connectivity index (χ4v) is 4.04. The molecule has 0 saturated carbocycles. The highest BCUT2D eigenvalue weighted by Gasteiger charge is 2.26. The van der Waals surface area contributed by atoms with Gasteiger partial charge >= 0.3 is 0 Å². The van der Waals surface area contributed by atoms with E-state index >= 15 is 0 Å². The van der Waals surface area contributed by atoms with Crippen molar-refractivity contribution in [2.75, 3.05) is 36.4 Å². The van der Waals surface area contributed by atoms with Crippen LogP contribution in [0.1, 0.15) is 29.2 Å². The molecule has 1 N–H and O–H groups in total. The lowest BCUT2D eigenvalue weighted by molar-refractivity contribution is -0.120. The average molecular weight is 366 g/mol. The van der Waals surface area contributed by atoms with Crippen molar-refractivity contribution >= 4 is 17.3 Å². The molecule has 1 heterocycles. The van der Waals surface area contributed by atoms with E-state index < -0.39 is 0 Å². The molecule has 2 aromatic rings. The number of hydrogen-bond acceptors (Lipinski definition) is 3. The number of anilines is 2. The Hall–Kier alpha value is -2.33. The Kier molecular flexibility index (Phi) is 5.85. The number of rotatable bonds is 4. The molecular weight excluding hydrogens is 334 g/mol. The van der Waals surface area contributed by atoms with Gasteiger partial charge in [0.1, 0.15) is 0 Å². The molecule has 4 nitrogen and oxygen atoms in total. The lowest BCUT2D eigenvalue weighted by Gasteiger charge is -2.39. The lowest BCUT2D eigenvalue weighted by Crippen LogP contribution is -2.53. The van der Waals surface area contributed by atoms with Crippen LogP contribution < -0.4 is 10.2 Å². The van der Waals surface area contributed by atoms with Crippen molar-refractivity contribution in [3.63, 3.8) is 0 Å². The van der Waals surface area contributed by atoms with Crippen molar-refractivity contribution in [1.29, 1.82) is 0 Å². The number of benzene rings is 2. The molecule has 0 aliphatic carbocycles. The maximum atomic E-state index is 12.8. The van der Waals surface area contributed by atoms with E-state index in [4.69, 9.17) is 0 Å². The Bertz CT molecular complexity index is 799. The molecule has 0 aromatic heterocycles. The predicted molar refractivity (Wildman–Crippen MR) is 114 cm³/mol. The second kappa shape index (κ2) is 8.13. The third kappa shape index (κ3) is 4.33. The summed E-state index contributed by atoms with van der Waals surface area (Å²) in [5.41, 5.74) is 7.04. The molecule has 1 aliphatic rings.